The van der Waals surface area contributed by atoms with Gasteiger partial charge in [0.15, 0.2) is 0 Å². The van der Waals surface area contributed by atoms with Crippen LogP contribution in [0, 0.1) is 0 Å². The van der Waals surface area contributed by atoms with E-state index in [1.807, 2.05) is 24.3 Å². The lowest BCUT2D eigenvalue weighted by molar-refractivity contribution is 0.871. The topological polar surface area (TPSA) is 0 Å². The van der Waals surface area contributed by atoms with Gasteiger partial charge in [0.2, 0.25) is 0 Å². The second kappa shape index (κ2) is 12.3. The van der Waals surface area contributed by atoms with E-state index in [4.69, 9.17) is 0 Å². The summed E-state index contributed by atoms with van der Waals surface area (Å²) < 4.78 is 0. The van der Waals surface area contributed by atoms with Crippen molar-refractivity contribution in [3.05, 3.63) is 193 Å². The summed E-state index contributed by atoms with van der Waals surface area (Å²) in [4.78, 5) is 0. The summed E-state index contributed by atoms with van der Waals surface area (Å²) in [7, 11) is 0. The highest BCUT2D eigenvalue weighted by Gasteiger charge is 2.26. The Morgan fingerprint density at radius 1 is 0.522 bits per heavy atom. The van der Waals surface area contributed by atoms with Crippen LogP contribution in [-0.4, -0.2) is 0 Å². The van der Waals surface area contributed by atoms with Crippen LogP contribution in [0.5, 0.6) is 0 Å². The fraction of sp³-hybridized carbons (Fsp3) is 0.0435. The summed E-state index contributed by atoms with van der Waals surface area (Å²) >= 11 is 0. The zero-order valence-corrected chi connectivity index (χ0v) is 26.0. The van der Waals surface area contributed by atoms with E-state index in [0.29, 0.717) is 0 Å². The van der Waals surface area contributed by atoms with E-state index in [2.05, 4.69) is 154 Å². The summed E-state index contributed by atoms with van der Waals surface area (Å²) in [6.45, 7) is 17.2. The number of hydrogen-bond acceptors (Lipinski definition) is 0. The molecule has 0 nitrogen and oxygen atoms in total. The lowest BCUT2D eigenvalue weighted by Crippen LogP contribution is -2.07. The predicted molar refractivity (Wildman–Crippen MR) is 203 cm³/mol. The second-order valence-electron chi connectivity index (χ2n) is 11.8. The molecule has 0 saturated heterocycles. The Kier molecular flexibility index (Phi) is 7.79. The first kappa shape index (κ1) is 29.0. The quantitative estimate of drug-likeness (QED) is 0.166. The molecule has 0 spiro atoms. The minimum absolute atomic E-state index is 0.239. The Bertz CT molecular complexity index is 2220. The van der Waals surface area contributed by atoms with Crippen LogP contribution in [0.1, 0.15) is 51.3 Å². The van der Waals surface area contributed by atoms with Crippen molar-refractivity contribution < 1.29 is 0 Å². The standard InChI is InChI=1S/C46H36/c1-5-37-38(6-2)44(30-33-23-15-16-24-41(33)37)46-40(8-4)39(7-3)45(42-25-17-18-26-43(42)46)36-28-34(31-19-11-9-12-20-31)27-35(29-36)32-21-13-10-14-22-32/h5-28,30,35H,1-4,29H2. The number of allylic oxidation sites excluding steroid dienone is 4. The third-order valence-electron chi connectivity index (χ3n) is 9.32. The summed E-state index contributed by atoms with van der Waals surface area (Å²) in [6, 6.07) is 41.1. The molecular formula is C46H36. The van der Waals surface area contributed by atoms with E-state index in [1.54, 1.807) is 0 Å². The zero-order valence-electron chi connectivity index (χ0n) is 26.0. The Balaban J connectivity index is 1.55. The van der Waals surface area contributed by atoms with Crippen LogP contribution in [0.4, 0.5) is 0 Å². The van der Waals surface area contributed by atoms with Crippen LogP contribution < -0.4 is 0 Å². The van der Waals surface area contributed by atoms with E-state index in [0.717, 1.165) is 39.8 Å². The SMILES string of the molecule is C=Cc1c(-c2c(C=C)c(C=C)c(C3=CC(c4ccccc4)=CC(c4ccccc4)C3)c3ccccc23)cc2ccccc2c1C=C. The van der Waals surface area contributed by atoms with E-state index < -0.39 is 0 Å². The fourth-order valence-corrected chi connectivity index (χ4v) is 7.28. The summed E-state index contributed by atoms with van der Waals surface area (Å²) in [5.41, 5.74) is 12.9. The summed E-state index contributed by atoms with van der Waals surface area (Å²) in [5.74, 6) is 0.239. The molecule has 7 rings (SSSR count). The molecule has 0 heterocycles. The van der Waals surface area contributed by atoms with Gasteiger partial charge in [0.05, 0.1) is 0 Å². The number of rotatable bonds is 8. The normalized spacial score (nSPS) is 14.4. The highest BCUT2D eigenvalue weighted by Crippen LogP contribution is 2.48. The van der Waals surface area contributed by atoms with Crippen LogP contribution in [0.2, 0.25) is 0 Å². The Morgan fingerprint density at radius 3 is 1.72 bits per heavy atom. The first-order chi connectivity index (χ1) is 22.7. The van der Waals surface area contributed by atoms with Gasteiger partial charge in [-0.3, -0.25) is 0 Å². The van der Waals surface area contributed by atoms with Crippen molar-refractivity contribution in [3.63, 3.8) is 0 Å². The van der Waals surface area contributed by atoms with Crippen LogP contribution in [0.15, 0.2) is 154 Å². The van der Waals surface area contributed by atoms with Crippen molar-refractivity contribution in [2.24, 2.45) is 0 Å². The maximum Gasteiger partial charge on any atom is 0.00678 e. The maximum atomic E-state index is 4.39. The zero-order chi connectivity index (χ0) is 31.6. The molecule has 0 aromatic heterocycles. The molecule has 0 bridgehead atoms. The smallest absolute Gasteiger partial charge is 0.00678 e. The lowest BCUT2D eigenvalue weighted by atomic mass is 9.76. The molecule has 220 valence electrons. The van der Waals surface area contributed by atoms with Gasteiger partial charge in [0.25, 0.3) is 0 Å². The van der Waals surface area contributed by atoms with E-state index in [9.17, 15) is 0 Å². The van der Waals surface area contributed by atoms with Crippen molar-refractivity contribution >= 4 is 57.0 Å². The van der Waals surface area contributed by atoms with Gasteiger partial charge in [-0.05, 0) is 95.2 Å². The highest BCUT2D eigenvalue weighted by molar-refractivity contribution is 6.13. The molecule has 6 aromatic carbocycles. The van der Waals surface area contributed by atoms with E-state index in [1.165, 1.54) is 49.4 Å². The second-order valence-corrected chi connectivity index (χ2v) is 11.8. The average Bonchev–Trinajstić information content (AvgIpc) is 3.13. The molecule has 0 N–H and O–H groups in total. The van der Waals surface area contributed by atoms with E-state index in [-0.39, 0.29) is 5.92 Å². The van der Waals surface area contributed by atoms with Gasteiger partial charge in [0.1, 0.15) is 0 Å². The first-order valence-corrected chi connectivity index (χ1v) is 15.8. The van der Waals surface area contributed by atoms with Crippen LogP contribution in [0.3, 0.4) is 0 Å². The number of fused-ring (bicyclic) bond motifs is 2. The monoisotopic (exact) mass is 588 g/mol. The van der Waals surface area contributed by atoms with Crippen molar-refractivity contribution in [1.29, 1.82) is 0 Å². The fourth-order valence-electron chi connectivity index (χ4n) is 7.28. The van der Waals surface area contributed by atoms with Crippen molar-refractivity contribution in [2.75, 3.05) is 0 Å². The first-order valence-electron chi connectivity index (χ1n) is 15.8. The van der Waals surface area contributed by atoms with Crippen LogP contribution >= 0.6 is 0 Å². The molecule has 1 aliphatic carbocycles. The van der Waals surface area contributed by atoms with Gasteiger partial charge in [0, 0.05) is 5.92 Å². The molecule has 0 radical (unpaired) electrons. The molecule has 1 aliphatic rings. The molecular weight excluding hydrogens is 553 g/mol. The maximum absolute atomic E-state index is 4.39. The minimum atomic E-state index is 0.239. The van der Waals surface area contributed by atoms with Crippen LogP contribution in [-0.2, 0) is 0 Å². The molecule has 0 heteroatoms. The third-order valence-corrected chi connectivity index (χ3v) is 9.32. The molecule has 0 amide bonds. The predicted octanol–water partition coefficient (Wildman–Crippen LogP) is 12.9. The van der Waals surface area contributed by atoms with Crippen molar-refractivity contribution in [2.45, 2.75) is 12.3 Å². The lowest BCUT2D eigenvalue weighted by Gasteiger charge is -2.27. The minimum Gasteiger partial charge on any atom is -0.0984 e. The third kappa shape index (κ3) is 4.89. The molecule has 6 aromatic rings. The number of hydrogen-bond donors (Lipinski definition) is 0. The molecule has 1 atom stereocenters. The van der Waals surface area contributed by atoms with Gasteiger partial charge in [-0.2, -0.15) is 0 Å². The number of benzene rings is 6. The Labute approximate surface area is 272 Å². The molecule has 0 aliphatic heterocycles. The summed E-state index contributed by atoms with van der Waals surface area (Å²) in [6.07, 6.45) is 13.6. The van der Waals surface area contributed by atoms with Gasteiger partial charge >= 0.3 is 0 Å². The van der Waals surface area contributed by atoms with Gasteiger partial charge in [-0.15, -0.1) is 0 Å². The highest BCUT2D eigenvalue weighted by atomic mass is 14.3. The van der Waals surface area contributed by atoms with Crippen molar-refractivity contribution in [3.8, 4) is 11.1 Å². The average molecular weight is 589 g/mol. The molecule has 0 saturated carbocycles. The Hall–Kier alpha value is -5.72. The largest absolute Gasteiger partial charge is 0.0984 e. The Morgan fingerprint density at radius 2 is 1.07 bits per heavy atom. The molecule has 1 unspecified atom stereocenters. The molecule has 0 fully saturated rings. The van der Waals surface area contributed by atoms with Crippen molar-refractivity contribution in [1.82, 2.24) is 0 Å². The van der Waals surface area contributed by atoms with Crippen LogP contribution in [0.25, 0.3) is 68.1 Å². The van der Waals surface area contributed by atoms with E-state index >= 15 is 0 Å². The summed E-state index contributed by atoms with van der Waals surface area (Å²) in [5, 5.41) is 4.72. The van der Waals surface area contributed by atoms with Gasteiger partial charge in [-0.25, -0.2) is 0 Å². The van der Waals surface area contributed by atoms with Gasteiger partial charge in [-0.1, -0.05) is 172 Å². The van der Waals surface area contributed by atoms with Gasteiger partial charge < -0.3 is 0 Å². The molecule has 46 heavy (non-hydrogen) atoms.